The fourth-order valence-corrected chi connectivity index (χ4v) is 0.738. The average Bonchev–Trinajstić information content (AvgIpc) is 1.98. The molecule has 0 atom stereocenters. The summed E-state index contributed by atoms with van der Waals surface area (Å²) in [5.41, 5.74) is 0.256. The number of carboxylic acid groups (broad SMARTS) is 1. The van der Waals surface area contributed by atoms with Crippen molar-refractivity contribution in [1.82, 2.24) is 5.06 Å². The van der Waals surface area contributed by atoms with Gasteiger partial charge in [0.25, 0.3) is 0 Å². The van der Waals surface area contributed by atoms with Crippen LogP contribution < -0.4 is 0 Å². The van der Waals surface area contributed by atoms with E-state index in [0.717, 1.165) is 0 Å². The number of aliphatic carboxylic acids is 1. The molecular weight excluding hydrogens is 158 g/mol. The van der Waals surface area contributed by atoms with Gasteiger partial charge in [0.05, 0.1) is 5.57 Å². The summed E-state index contributed by atoms with van der Waals surface area (Å²) in [5.74, 6) is -0.443. The van der Waals surface area contributed by atoms with E-state index in [0.29, 0.717) is 12.2 Å². The highest BCUT2D eigenvalue weighted by Gasteiger charge is 2.09. The number of hydroxylamine groups is 2. The first kappa shape index (κ1) is 11.0. The molecule has 0 radical (unpaired) electrons. The molecule has 4 nitrogen and oxygen atoms in total. The number of rotatable bonds is 4. The summed E-state index contributed by atoms with van der Waals surface area (Å²) in [6.07, 6.45) is 0.580. The van der Waals surface area contributed by atoms with Crippen molar-refractivity contribution >= 4 is 5.97 Å². The smallest absolute Gasteiger partial charge is 0.334 e. The van der Waals surface area contributed by atoms with Crippen LogP contribution in [0.2, 0.25) is 0 Å². The SMILES string of the molecule is CCC(ON(C)C)=C(C)C(=O)O. The third-order valence-electron chi connectivity index (χ3n) is 1.35. The molecule has 0 saturated carbocycles. The van der Waals surface area contributed by atoms with Gasteiger partial charge in [0, 0.05) is 20.5 Å². The monoisotopic (exact) mass is 173 g/mol. The summed E-state index contributed by atoms with van der Waals surface area (Å²) >= 11 is 0. The first-order valence-corrected chi connectivity index (χ1v) is 3.77. The fraction of sp³-hybridized carbons (Fsp3) is 0.625. The number of carbonyl (C=O) groups is 1. The number of hydrogen-bond acceptors (Lipinski definition) is 3. The molecule has 0 saturated heterocycles. The Kier molecular flexibility index (Phi) is 4.36. The maximum atomic E-state index is 10.5. The average molecular weight is 173 g/mol. The third kappa shape index (κ3) is 3.39. The van der Waals surface area contributed by atoms with Gasteiger partial charge >= 0.3 is 5.97 Å². The second-order valence-corrected chi connectivity index (χ2v) is 2.61. The van der Waals surface area contributed by atoms with E-state index in [1.165, 1.54) is 12.0 Å². The Bertz CT molecular complexity index is 196. The molecule has 4 heteroatoms. The van der Waals surface area contributed by atoms with Gasteiger partial charge in [-0.25, -0.2) is 4.79 Å². The molecule has 0 aromatic carbocycles. The second-order valence-electron chi connectivity index (χ2n) is 2.61. The Morgan fingerprint density at radius 2 is 2.00 bits per heavy atom. The molecule has 0 bridgehead atoms. The molecule has 0 rings (SSSR count). The molecule has 0 aromatic rings. The van der Waals surface area contributed by atoms with Gasteiger partial charge in [-0.3, -0.25) is 0 Å². The zero-order chi connectivity index (χ0) is 9.72. The van der Waals surface area contributed by atoms with E-state index < -0.39 is 5.97 Å². The van der Waals surface area contributed by atoms with Gasteiger partial charge in [-0.05, 0) is 6.92 Å². The lowest BCUT2D eigenvalue weighted by Gasteiger charge is -2.15. The van der Waals surface area contributed by atoms with Crippen LogP contribution in [0.25, 0.3) is 0 Å². The van der Waals surface area contributed by atoms with Crippen LogP contribution in [-0.4, -0.2) is 30.2 Å². The first-order valence-electron chi connectivity index (χ1n) is 3.77. The minimum atomic E-state index is -0.936. The van der Waals surface area contributed by atoms with Gasteiger partial charge in [0.15, 0.2) is 0 Å². The molecule has 0 heterocycles. The van der Waals surface area contributed by atoms with E-state index in [1.54, 1.807) is 14.1 Å². The van der Waals surface area contributed by atoms with Crippen LogP contribution in [0.3, 0.4) is 0 Å². The highest BCUT2D eigenvalue weighted by atomic mass is 16.7. The summed E-state index contributed by atoms with van der Waals surface area (Å²) in [6, 6.07) is 0. The maximum absolute atomic E-state index is 10.5. The van der Waals surface area contributed by atoms with Crippen LogP contribution in [0.15, 0.2) is 11.3 Å². The van der Waals surface area contributed by atoms with Crippen LogP contribution >= 0.6 is 0 Å². The van der Waals surface area contributed by atoms with E-state index in [9.17, 15) is 4.79 Å². The topological polar surface area (TPSA) is 49.8 Å². The van der Waals surface area contributed by atoms with Crippen molar-refractivity contribution < 1.29 is 14.7 Å². The highest BCUT2D eigenvalue weighted by molar-refractivity contribution is 5.86. The summed E-state index contributed by atoms with van der Waals surface area (Å²) < 4.78 is 0. The van der Waals surface area contributed by atoms with Crippen LogP contribution in [0.5, 0.6) is 0 Å². The largest absolute Gasteiger partial charge is 0.478 e. The molecule has 0 amide bonds. The van der Waals surface area contributed by atoms with Crippen LogP contribution in [0, 0.1) is 0 Å². The highest BCUT2D eigenvalue weighted by Crippen LogP contribution is 2.10. The van der Waals surface area contributed by atoms with Gasteiger partial charge < -0.3 is 9.94 Å². The molecule has 1 N–H and O–H groups in total. The first-order chi connectivity index (χ1) is 5.49. The van der Waals surface area contributed by atoms with E-state index >= 15 is 0 Å². The van der Waals surface area contributed by atoms with Gasteiger partial charge in [-0.15, -0.1) is 0 Å². The number of carboxylic acids is 1. The second kappa shape index (κ2) is 4.77. The van der Waals surface area contributed by atoms with Crippen molar-refractivity contribution in [3.05, 3.63) is 11.3 Å². The zero-order valence-electron chi connectivity index (χ0n) is 7.92. The summed E-state index contributed by atoms with van der Waals surface area (Å²) in [4.78, 5) is 15.7. The van der Waals surface area contributed by atoms with Crippen LogP contribution in [0.4, 0.5) is 0 Å². The van der Waals surface area contributed by atoms with Crippen molar-refractivity contribution in [2.45, 2.75) is 20.3 Å². The normalized spacial score (nSPS) is 12.8. The lowest BCUT2D eigenvalue weighted by atomic mass is 10.2. The van der Waals surface area contributed by atoms with Crippen LogP contribution in [0.1, 0.15) is 20.3 Å². The fourth-order valence-electron chi connectivity index (χ4n) is 0.738. The van der Waals surface area contributed by atoms with Crippen molar-refractivity contribution in [3.8, 4) is 0 Å². The lowest BCUT2D eigenvalue weighted by molar-refractivity contribution is -0.133. The molecule has 0 aromatic heterocycles. The third-order valence-corrected chi connectivity index (χ3v) is 1.35. The van der Waals surface area contributed by atoms with Gasteiger partial charge in [0.1, 0.15) is 5.76 Å². The number of nitrogens with zero attached hydrogens (tertiary/aromatic N) is 1. The Balaban J connectivity index is 4.50. The summed E-state index contributed by atoms with van der Waals surface area (Å²) in [5, 5.41) is 10.1. The maximum Gasteiger partial charge on any atom is 0.334 e. The number of allylic oxidation sites excluding steroid dienone is 1. The van der Waals surface area contributed by atoms with E-state index in [-0.39, 0.29) is 5.57 Å². The van der Waals surface area contributed by atoms with E-state index in [4.69, 9.17) is 9.94 Å². The van der Waals surface area contributed by atoms with Crippen molar-refractivity contribution in [2.24, 2.45) is 0 Å². The minimum Gasteiger partial charge on any atom is -0.478 e. The molecule has 0 fully saturated rings. The predicted octanol–water partition coefficient (Wildman–Crippen LogP) is 1.25. The quantitative estimate of drug-likeness (QED) is 0.395. The lowest BCUT2D eigenvalue weighted by Crippen LogP contribution is -2.14. The van der Waals surface area contributed by atoms with Crippen molar-refractivity contribution in [3.63, 3.8) is 0 Å². The van der Waals surface area contributed by atoms with Crippen LogP contribution in [-0.2, 0) is 9.63 Å². The minimum absolute atomic E-state index is 0.256. The molecular formula is C8H15NO3. The Morgan fingerprint density at radius 1 is 1.50 bits per heavy atom. The van der Waals surface area contributed by atoms with E-state index in [2.05, 4.69) is 0 Å². The molecule has 12 heavy (non-hydrogen) atoms. The van der Waals surface area contributed by atoms with E-state index in [1.807, 2.05) is 6.92 Å². The zero-order valence-corrected chi connectivity index (χ0v) is 7.92. The number of hydrogen-bond donors (Lipinski definition) is 1. The van der Waals surface area contributed by atoms with Gasteiger partial charge in [0.2, 0.25) is 0 Å². The Labute approximate surface area is 72.4 Å². The Hall–Kier alpha value is -1.03. The molecule has 70 valence electrons. The molecule has 0 spiro atoms. The Morgan fingerprint density at radius 3 is 2.25 bits per heavy atom. The predicted molar refractivity (Wildman–Crippen MR) is 45.4 cm³/mol. The van der Waals surface area contributed by atoms with Crippen molar-refractivity contribution in [2.75, 3.05) is 14.1 Å². The molecule has 0 aliphatic rings. The van der Waals surface area contributed by atoms with Gasteiger partial charge in [-0.1, -0.05) is 6.92 Å². The standard InChI is InChI=1S/C8H15NO3/c1-5-7(12-9(3)4)6(2)8(10)11/h5H2,1-4H3,(H,10,11). The van der Waals surface area contributed by atoms with Gasteiger partial charge in [-0.2, -0.15) is 5.06 Å². The molecule has 0 unspecified atom stereocenters. The summed E-state index contributed by atoms with van der Waals surface area (Å²) in [6.45, 7) is 3.38. The molecule has 0 aliphatic heterocycles. The molecule has 0 aliphatic carbocycles. The van der Waals surface area contributed by atoms with Crippen molar-refractivity contribution in [1.29, 1.82) is 0 Å². The summed E-state index contributed by atoms with van der Waals surface area (Å²) in [7, 11) is 3.43.